The quantitative estimate of drug-likeness (QED) is 0.707. The molecule has 0 saturated heterocycles. The molecule has 5 nitrogen and oxygen atoms in total. The molecule has 1 amide bonds. The van der Waals surface area contributed by atoms with Gasteiger partial charge >= 0.3 is 0 Å². The van der Waals surface area contributed by atoms with Crippen molar-refractivity contribution in [3.63, 3.8) is 0 Å². The number of ether oxygens (including phenoxy) is 1. The van der Waals surface area contributed by atoms with Gasteiger partial charge in [0.25, 0.3) is 5.91 Å². The van der Waals surface area contributed by atoms with Gasteiger partial charge in [-0.25, -0.2) is 0 Å². The van der Waals surface area contributed by atoms with E-state index in [4.69, 9.17) is 4.74 Å². The van der Waals surface area contributed by atoms with Gasteiger partial charge in [0.15, 0.2) is 0 Å². The maximum Gasteiger partial charge on any atom is 0.254 e. The predicted molar refractivity (Wildman–Crippen MR) is 105 cm³/mol. The molecule has 1 aromatic heterocycles. The zero-order valence-corrected chi connectivity index (χ0v) is 15.9. The molecule has 0 radical (unpaired) electrons. The molecule has 0 unspecified atom stereocenters. The van der Waals surface area contributed by atoms with Gasteiger partial charge < -0.3 is 19.1 Å². The first-order valence-corrected chi connectivity index (χ1v) is 9.03. The monoisotopic (exact) mass is 351 g/mol. The lowest BCUT2D eigenvalue weighted by molar-refractivity contribution is 0.0816. The molecule has 0 atom stereocenters. The molecule has 2 aromatic carbocycles. The average molecular weight is 351 g/mol. The minimum Gasteiger partial charge on any atom is -0.497 e. The molecule has 0 saturated carbocycles. The smallest absolute Gasteiger partial charge is 0.254 e. The standard InChI is InChI=1S/C21H25N3O2/c1-22(2)10-5-11-24-18-9-8-15-17(13-23(3)21(15)25)20(18)16-7-6-14(26-4)12-19(16)24/h6-9,12H,5,10-11,13H2,1-4H3. The molecule has 0 spiro atoms. The zero-order valence-electron chi connectivity index (χ0n) is 15.9. The summed E-state index contributed by atoms with van der Waals surface area (Å²) < 4.78 is 7.83. The maximum absolute atomic E-state index is 12.4. The van der Waals surface area contributed by atoms with Crippen LogP contribution in [0.4, 0.5) is 0 Å². The van der Waals surface area contributed by atoms with Crippen molar-refractivity contribution in [2.75, 3.05) is 34.8 Å². The molecule has 4 rings (SSSR count). The number of carbonyl (C=O) groups excluding carboxylic acids is 1. The summed E-state index contributed by atoms with van der Waals surface area (Å²) in [6, 6.07) is 10.3. The fourth-order valence-corrected chi connectivity index (χ4v) is 4.03. The van der Waals surface area contributed by atoms with Gasteiger partial charge in [0.1, 0.15) is 5.75 Å². The first-order valence-electron chi connectivity index (χ1n) is 9.03. The molecule has 1 aliphatic rings. The molecular formula is C21H25N3O2. The molecule has 1 aliphatic heterocycles. The van der Waals surface area contributed by atoms with Crippen molar-refractivity contribution in [2.24, 2.45) is 0 Å². The topological polar surface area (TPSA) is 37.7 Å². The number of hydrogen-bond acceptors (Lipinski definition) is 3. The van der Waals surface area contributed by atoms with E-state index in [2.05, 4.69) is 41.8 Å². The average Bonchev–Trinajstić information content (AvgIpc) is 3.09. The number of nitrogens with zero attached hydrogens (tertiary/aromatic N) is 3. The van der Waals surface area contributed by atoms with Crippen LogP contribution in [-0.4, -0.2) is 55.1 Å². The SMILES string of the molecule is COc1ccc2c3c4c(ccc3n(CCCN(C)C)c2c1)C(=O)N(C)C4. The van der Waals surface area contributed by atoms with E-state index in [-0.39, 0.29) is 5.91 Å². The number of methoxy groups -OCH3 is 1. The van der Waals surface area contributed by atoms with Gasteiger partial charge in [-0.1, -0.05) is 0 Å². The van der Waals surface area contributed by atoms with E-state index in [1.54, 1.807) is 12.0 Å². The summed E-state index contributed by atoms with van der Waals surface area (Å²) in [6.07, 6.45) is 1.07. The molecule has 5 heteroatoms. The zero-order chi connectivity index (χ0) is 18.4. The number of carbonyl (C=O) groups is 1. The van der Waals surface area contributed by atoms with Gasteiger partial charge in [-0.05, 0) is 56.9 Å². The summed E-state index contributed by atoms with van der Waals surface area (Å²) in [5, 5.41) is 2.41. The minimum atomic E-state index is 0.115. The lowest BCUT2D eigenvalue weighted by atomic mass is 10.0. The lowest BCUT2D eigenvalue weighted by Gasteiger charge is -2.12. The van der Waals surface area contributed by atoms with Gasteiger partial charge in [0.2, 0.25) is 0 Å². The number of amides is 1. The second-order valence-corrected chi connectivity index (χ2v) is 7.34. The Hall–Kier alpha value is -2.53. The first-order chi connectivity index (χ1) is 12.5. The van der Waals surface area contributed by atoms with Crippen LogP contribution in [0.1, 0.15) is 22.3 Å². The highest BCUT2D eigenvalue weighted by Crippen LogP contribution is 2.38. The summed E-state index contributed by atoms with van der Waals surface area (Å²) >= 11 is 0. The Kier molecular flexibility index (Phi) is 4.11. The summed E-state index contributed by atoms with van der Waals surface area (Å²) in [5.74, 6) is 0.975. The van der Waals surface area contributed by atoms with Crippen LogP contribution in [0.15, 0.2) is 30.3 Å². The Bertz CT molecular complexity index is 1000. The number of fused-ring (bicyclic) bond motifs is 5. The van der Waals surface area contributed by atoms with E-state index in [0.717, 1.165) is 36.4 Å². The van der Waals surface area contributed by atoms with Gasteiger partial charge in [-0.2, -0.15) is 0 Å². The Morgan fingerprint density at radius 3 is 2.69 bits per heavy atom. The second-order valence-electron chi connectivity index (χ2n) is 7.34. The van der Waals surface area contributed by atoms with Crippen molar-refractivity contribution in [1.82, 2.24) is 14.4 Å². The predicted octanol–water partition coefficient (Wildman–Crippen LogP) is 3.34. The van der Waals surface area contributed by atoms with Crippen LogP contribution in [0.25, 0.3) is 21.8 Å². The normalized spacial score (nSPS) is 14.0. The highest BCUT2D eigenvalue weighted by Gasteiger charge is 2.28. The summed E-state index contributed by atoms with van der Waals surface area (Å²) in [5.41, 5.74) is 4.36. The highest BCUT2D eigenvalue weighted by molar-refractivity contribution is 6.14. The van der Waals surface area contributed by atoms with Gasteiger partial charge in [-0.15, -0.1) is 0 Å². The summed E-state index contributed by atoms with van der Waals surface area (Å²) in [6.45, 7) is 2.65. The van der Waals surface area contributed by atoms with Crippen molar-refractivity contribution in [3.05, 3.63) is 41.5 Å². The van der Waals surface area contributed by atoms with Gasteiger partial charge in [-0.3, -0.25) is 4.79 Å². The molecule has 136 valence electrons. The number of rotatable bonds is 5. The third kappa shape index (κ3) is 2.54. The van der Waals surface area contributed by atoms with Gasteiger partial charge in [0, 0.05) is 48.1 Å². The largest absolute Gasteiger partial charge is 0.497 e. The third-order valence-electron chi connectivity index (χ3n) is 5.31. The first kappa shape index (κ1) is 16.9. The molecule has 0 N–H and O–H groups in total. The van der Waals surface area contributed by atoms with Crippen LogP contribution in [0.2, 0.25) is 0 Å². The van der Waals surface area contributed by atoms with Crippen LogP contribution in [0, 0.1) is 0 Å². The Morgan fingerprint density at radius 1 is 1.15 bits per heavy atom. The molecule has 3 aromatic rings. The van der Waals surface area contributed by atoms with Crippen molar-refractivity contribution < 1.29 is 9.53 Å². The highest BCUT2D eigenvalue weighted by atomic mass is 16.5. The number of benzene rings is 2. The summed E-state index contributed by atoms with van der Waals surface area (Å²) in [7, 11) is 7.77. The Balaban J connectivity index is 1.95. The fraction of sp³-hybridized carbons (Fsp3) is 0.381. The number of aromatic nitrogens is 1. The molecular weight excluding hydrogens is 326 g/mol. The molecule has 26 heavy (non-hydrogen) atoms. The fourth-order valence-electron chi connectivity index (χ4n) is 4.03. The van der Waals surface area contributed by atoms with Gasteiger partial charge in [0.05, 0.1) is 12.6 Å². The third-order valence-corrected chi connectivity index (χ3v) is 5.31. The van der Waals surface area contributed by atoms with E-state index in [1.807, 2.05) is 19.2 Å². The van der Waals surface area contributed by atoms with Crippen LogP contribution in [-0.2, 0) is 13.1 Å². The van der Waals surface area contributed by atoms with Crippen LogP contribution < -0.4 is 4.74 Å². The van der Waals surface area contributed by atoms with Crippen LogP contribution >= 0.6 is 0 Å². The van der Waals surface area contributed by atoms with Crippen molar-refractivity contribution in [1.29, 1.82) is 0 Å². The van der Waals surface area contributed by atoms with Crippen LogP contribution in [0.3, 0.4) is 0 Å². The second kappa shape index (κ2) is 6.32. The Labute approximate surface area is 153 Å². The van der Waals surface area contributed by atoms with Crippen LogP contribution in [0.5, 0.6) is 5.75 Å². The summed E-state index contributed by atoms with van der Waals surface area (Å²) in [4.78, 5) is 16.4. The van der Waals surface area contributed by atoms with E-state index in [9.17, 15) is 4.79 Å². The molecule has 0 bridgehead atoms. The molecule has 0 aliphatic carbocycles. The van der Waals surface area contributed by atoms with Crippen molar-refractivity contribution >= 4 is 27.7 Å². The molecule has 0 fully saturated rings. The van der Waals surface area contributed by atoms with Crippen molar-refractivity contribution in [2.45, 2.75) is 19.5 Å². The van der Waals surface area contributed by atoms with E-state index >= 15 is 0 Å². The number of hydrogen-bond donors (Lipinski definition) is 0. The maximum atomic E-state index is 12.4. The number of aryl methyl sites for hydroxylation is 1. The van der Waals surface area contributed by atoms with Crippen molar-refractivity contribution in [3.8, 4) is 5.75 Å². The van der Waals surface area contributed by atoms with E-state index in [0.29, 0.717) is 6.54 Å². The van der Waals surface area contributed by atoms with E-state index in [1.165, 1.54) is 21.8 Å². The van der Waals surface area contributed by atoms with E-state index < -0.39 is 0 Å². The lowest BCUT2D eigenvalue weighted by Crippen LogP contribution is -2.17. The Morgan fingerprint density at radius 2 is 1.96 bits per heavy atom. The molecule has 2 heterocycles. The minimum absolute atomic E-state index is 0.115.